The van der Waals surface area contributed by atoms with E-state index in [2.05, 4.69) is 11.8 Å². The molecule has 0 amide bonds. The molecule has 94 valence electrons. The number of nitrogens with two attached hydrogens (primary N) is 1. The number of benzene rings is 1. The second-order valence-electron chi connectivity index (χ2n) is 4.70. The smallest absolute Gasteiger partial charge is 0.0746 e. The minimum atomic E-state index is 0.618. The predicted octanol–water partition coefficient (Wildman–Crippen LogP) is 4.20. The van der Waals surface area contributed by atoms with Gasteiger partial charge in [0.25, 0.3) is 0 Å². The summed E-state index contributed by atoms with van der Waals surface area (Å²) < 4.78 is 0. The van der Waals surface area contributed by atoms with E-state index in [9.17, 15) is 0 Å². The van der Waals surface area contributed by atoms with E-state index < -0.39 is 0 Å². The van der Waals surface area contributed by atoms with Crippen LogP contribution in [0.1, 0.15) is 26.2 Å². The molecule has 0 radical (unpaired) electrons. The molecule has 1 aromatic carbocycles. The van der Waals surface area contributed by atoms with Crippen molar-refractivity contribution < 1.29 is 0 Å². The van der Waals surface area contributed by atoms with Crippen LogP contribution < -0.4 is 10.6 Å². The summed E-state index contributed by atoms with van der Waals surface area (Å²) in [6, 6.07) is 3.55. The molecule has 2 N–H and O–H groups in total. The summed E-state index contributed by atoms with van der Waals surface area (Å²) in [7, 11) is 0. The molecule has 1 fully saturated rings. The van der Waals surface area contributed by atoms with Gasteiger partial charge in [0.1, 0.15) is 0 Å². The molecule has 0 aliphatic carbocycles. The van der Waals surface area contributed by atoms with Crippen molar-refractivity contribution in [3.63, 3.8) is 0 Å². The van der Waals surface area contributed by atoms with Gasteiger partial charge in [0.2, 0.25) is 0 Å². The third-order valence-electron chi connectivity index (χ3n) is 3.45. The van der Waals surface area contributed by atoms with Gasteiger partial charge in [-0.3, -0.25) is 0 Å². The van der Waals surface area contributed by atoms with Crippen molar-refractivity contribution in [1.82, 2.24) is 0 Å². The zero-order valence-electron chi connectivity index (χ0n) is 10.0. The number of hydrogen-bond donors (Lipinski definition) is 1. The van der Waals surface area contributed by atoms with Crippen LogP contribution in [0.2, 0.25) is 10.0 Å². The number of piperidine rings is 1. The maximum absolute atomic E-state index is 6.25. The highest BCUT2D eigenvalue weighted by Gasteiger charge is 2.22. The Morgan fingerprint density at radius 2 is 2.00 bits per heavy atom. The molecule has 0 saturated carbocycles. The first-order chi connectivity index (χ1) is 8.11. The first-order valence-electron chi connectivity index (χ1n) is 6.11. The van der Waals surface area contributed by atoms with Gasteiger partial charge >= 0.3 is 0 Å². The summed E-state index contributed by atoms with van der Waals surface area (Å²) in [5, 5.41) is 1.32. The van der Waals surface area contributed by atoms with Gasteiger partial charge in [-0.25, -0.2) is 0 Å². The normalized spacial score (nSPS) is 20.6. The van der Waals surface area contributed by atoms with Gasteiger partial charge in [0.05, 0.1) is 15.7 Å². The second-order valence-corrected chi connectivity index (χ2v) is 5.51. The number of rotatable bonds is 2. The number of nitrogens with zero attached hydrogens (tertiary/aromatic N) is 1. The summed E-state index contributed by atoms with van der Waals surface area (Å²) in [6.07, 6.45) is 3.72. The van der Waals surface area contributed by atoms with Gasteiger partial charge in [-0.15, -0.1) is 0 Å². The summed E-state index contributed by atoms with van der Waals surface area (Å²) in [5.74, 6) is 0.744. The summed E-state index contributed by atoms with van der Waals surface area (Å²) in [6.45, 7) is 4.31. The van der Waals surface area contributed by atoms with Gasteiger partial charge in [-0.05, 0) is 30.9 Å². The zero-order valence-corrected chi connectivity index (χ0v) is 11.6. The Bertz CT molecular complexity index is 383. The maximum atomic E-state index is 6.25. The lowest BCUT2D eigenvalue weighted by Gasteiger charge is -2.35. The third kappa shape index (κ3) is 2.80. The summed E-state index contributed by atoms with van der Waals surface area (Å²) in [4.78, 5) is 2.29. The molecule has 2 nitrogen and oxygen atoms in total. The van der Waals surface area contributed by atoms with Crippen LogP contribution in [-0.4, -0.2) is 13.1 Å². The van der Waals surface area contributed by atoms with Crippen molar-refractivity contribution in [2.24, 2.45) is 5.92 Å². The Labute approximate surface area is 113 Å². The minimum absolute atomic E-state index is 0.618. The Morgan fingerprint density at radius 3 is 2.59 bits per heavy atom. The zero-order chi connectivity index (χ0) is 12.4. The van der Waals surface area contributed by atoms with Gasteiger partial charge in [-0.2, -0.15) is 0 Å². The highest BCUT2D eigenvalue weighted by atomic mass is 35.5. The molecule has 0 aromatic heterocycles. The van der Waals surface area contributed by atoms with E-state index in [1.54, 1.807) is 12.1 Å². The van der Waals surface area contributed by atoms with Crippen molar-refractivity contribution in [2.75, 3.05) is 23.7 Å². The molecule has 17 heavy (non-hydrogen) atoms. The number of nitrogen functional groups attached to an aromatic ring is 1. The van der Waals surface area contributed by atoms with E-state index in [4.69, 9.17) is 28.9 Å². The summed E-state index contributed by atoms with van der Waals surface area (Å²) >= 11 is 12.5. The average molecular weight is 273 g/mol. The van der Waals surface area contributed by atoms with Crippen LogP contribution in [0.4, 0.5) is 11.4 Å². The lowest BCUT2D eigenvalue weighted by molar-refractivity contribution is 0.405. The SMILES string of the molecule is CCC1CCCN(c2c(Cl)cc(N)cc2Cl)C1. The summed E-state index contributed by atoms with van der Waals surface area (Å²) in [5.41, 5.74) is 7.29. The average Bonchev–Trinajstić information content (AvgIpc) is 2.28. The van der Waals surface area contributed by atoms with Crippen LogP contribution in [0, 0.1) is 5.92 Å². The molecule has 1 heterocycles. The van der Waals surface area contributed by atoms with Crippen LogP contribution in [0.15, 0.2) is 12.1 Å². The monoisotopic (exact) mass is 272 g/mol. The van der Waals surface area contributed by atoms with Crippen molar-refractivity contribution in [3.8, 4) is 0 Å². The fraction of sp³-hybridized carbons (Fsp3) is 0.538. The van der Waals surface area contributed by atoms with E-state index in [1.165, 1.54) is 19.3 Å². The maximum Gasteiger partial charge on any atom is 0.0746 e. The van der Waals surface area contributed by atoms with Gasteiger partial charge < -0.3 is 10.6 Å². The van der Waals surface area contributed by atoms with Crippen molar-refractivity contribution in [3.05, 3.63) is 22.2 Å². The van der Waals surface area contributed by atoms with E-state index in [1.807, 2.05) is 0 Å². The Hall–Kier alpha value is -0.600. The molecule has 0 spiro atoms. The molecular formula is C13H18Cl2N2. The number of hydrogen-bond acceptors (Lipinski definition) is 2. The fourth-order valence-electron chi connectivity index (χ4n) is 2.49. The van der Waals surface area contributed by atoms with E-state index in [0.29, 0.717) is 15.7 Å². The molecule has 1 unspecified atom stereocenters. The minimum Gasteiger partial charge on any atom is -0.399 e. The molecule has 1 aliphatic heterocycles. The number of halogens is 2. The van der Waals surface area contributed by atoms with Gasteiger partial charge in [-0.1, -0.05) is 36.5 Å². The van der Waals surface area contributed by atoms with Gasteiger partial charge in [0, 0.05) is 18.8 Å². The predicted molar refractivity (Wildman–Crippen MR) is 76.1 cm³/mol. The van der Waals surface area contributed by atoms with Crippen LogP contribution in [0.5, 0.6) is 0 Å². The third-order valence-corrected chi connectivity index (χ3v) is 4.03. The standard InChI is InChI=1S/C13H18Cl2N2/c1-2-9-4-3-5-17(8-9)13-11(14)6-10(16)7-12(13)15/h6-7,9H,2-5,8,16H2,1H3. The largest absolute Gasteiger partial charge is 0.399 e. The van der Waals surface area contributed by atoms with E-state index >= 15 is 0 Å². The first kappa shape index (κ1) is 12.8. The molecule has 2 rings (SSSR count). The van der Waals surface area contributed by atoms with Crippen LogP contribution >= 0.6 is 23.2 Å². The Balaban J connectivity index is 2.27. The molecule has 1 aliphatic rings. The first-order valence-corrected chi connectivity index (χ1v) is 6.87. The molecule has 1 aromatic rings. The number of anilines is 2. The highest BCUT2D eigenvalue weighted by molar-refractivity contribution is 6.39. The van der Waals surface area contributed by atoms with E-state index in [0.717, 1.165) is 24.7 Å². The van der Waals surface area contributed by atoms with E-state index in [-0.39, 0.29) is 0 Å². The molecule has 1 atom stereocenters. The quantitative estimate of drug-likeness (QED) is 0.818. The Kier molecular flexibility index (Phi) is 4.05. The van der Waals surface area contributed by atoms with Crippen LogP contribution in [0.25, 0.3) is 0 Å². The molecular weight excluding hydrogens is 255 g/mol. The van der Waals surface area contributed by atoms with Crippen molar-refractivity contribution in [2.45, 2.75) is 26.2 Å². The molecule has 0 bridgehead atoms. The van der Waals surface area contributed by atoms with Crippen molar-refractivity contribution >= 4 is 34.6 Å². The molecule has 4 heteroatoms. The Morgan fingerprint density at radius 1 is 1.35 bits per heavy atom. The lowest BCUT2D eigenvalue weighted by Crippen LogP contribution is -2.35. The van der Waals surface area contributed by atoms with Crippen molar-refractivity contribution in [1.29, 1.82) is 0 Å². The molecule has 1 saturated heterocycles. The topological polar surface area (TPSA) is 29.3 Å². The second kappa shape index (κ2) is 5.36. The van der Waals surface area contributed by atoms with Crippen LogP contribution in [-0.2, 0) is 0 Å². The lowest BCUT2D eigenvalue weighted by atomic mass is 9.95. The van der Waals surface area contributed by atoms with Gasteiger partial charge in [0.15, 0.2) is 0 Å². The highest BCUT2D eigenvalue weighted by Crippen LogP contribution is 2.38. The fourth-order valence-corrected chi connectivity index (χ4v) is 3.23. The van der Waals surface area contributed by atoms with Crippen LogP contribution in [0.3, 0.4) is 0 Å².